The molecule has 0 atom stereocenters. The minimum absolute atomic E-state index is 0.560. The van der Waals surface area contributed by atoms with Crippen LogP contribution in [-0.2, 0) is 6.61 Å². The van der Waals surface area contributed by atoms with E-state index in [1.807, 2.05) is 60.7 Å². The Morgan fingerprint density at radius 3 is 2.58 bits per heavy atom. The molecule has 0 aromatic heterocycles. The van der Waals surface area contributed by atoms with Crippen LogP contribution in [0.5, 0.6) is 5.75 Å². The third-order valence-corrected chi connectivity index (χ3v) is 3.53. The molecule has 0 aliphatic heterocycles. The number of benzene rings is 3. The number of hydrazone groups is 1. The molecule has 3 aromatic carbocycles. The van der Waals surface area contributed by atoms with Crippen LogP contribution in [-0.4, -0.2) is 6.21 Å². The molecule has 120 valence electrons. The van der Waals surface area contributed by atoms with E-state index in [0.717, 1.165) is 17.0 Å². The maximum atomic E-state index is 5.87. The predicted molar refractivity (Wildman–Crippen MR) is 99.6 cm³/mol. The molecule has 0 heterocycles. The predicted octanol–water partition coefficient (Wildman–Crippen LogP) is 5.02. The molecule has 0 aliphatic rings. The summed E-state index contributed by atoms with van der Waals surface area (Å²) in [7, 11) is 0. The molecule has 3 heteroatoms. The van der Waals surface area contributed by atoms with Gasteiger partial charge in [0.25, 0.3) is 0 Å². The lowest BCUT2D eigenvalue weighted by Crippen LogP contribution is -1.96. The fourth-order valence-electron chi connectivity index (χ4n) is 2.35. The van der Waals surface area contributed by atoms with Gasteiger partial charge >= 0.3 is 0 Å². The summed E-state index contributed by atoms with van der Waals surface area (Å²) in [5.74, 6) is 0.833. The first-order chi connectivity index (χ1) is 11.8. The van der Waals surface area contributed by atoms with Gasteiger partial charge in [-0.2, -0.15) is 5.10 Å². The Bertz CT molecular complexity index is 813. The molecule has 0 aliphatic carbocycles. The molecular weight excluding hydrogens is 296 g/mol. The number of nitrogens with zero attached hydrogens (tertiary/aromatic N) is 1. The van der Waals surface area contributed by atoms with Crippen LogP contribution in [0, 0.1) is 6.92 Å². The number of hydrogen-bond acceptors (Lipinski definition) is 3. The highest BCUT2D eigenvalue weighted by atomic mass is 16.5. The van der Waals surface area contributed by atoms with Crippen LogP contribution in [0.4, 0.5) is 5.69 Å². The number of ether oxygens (including phenoxy) is 1. The van der Waals surface area contributed by atoms with Crippen LogP contribution >= 0.6 is 0 Å². The van der Waals surface area contributed by atoms with Crippen molar-refractivity contribution in [2.24, 2.45) is 5.10 Å². The van der Waals surface area contributed by atoms with E-state index in [9.17, 15) is 0 Å². The summed E-state index contributed by atoms with van der Waals surface area (Å²) in [5, 5.41) is 4.25. The van der Waals surface area contributed by atoms with E-state index >= 15 is 0 Å². The van der Waals surface area contributed by atoms with Gasteiger partial charge in [0.05, 0.1) is 11.9 Å². The van der Waals surface area contributed by atoms with E-state index in [1.54, 1.807) is 6.21 Å². The monoisotopic (exact) mass is 316 g/mol. The van der Waals surface area contributed by atoms with E-state index in [4.69, 9.17) is 4.74 Å². The molecule has 0 unspecified atom stereocenters. The molecule has 0 fully saturated rings. The van der Waals surface area contributed by atoms with E-state index in [0.29, 0.717) is 6.61 Å². The molecule has 0 saturated carbocycles. The van der Waals surface area contributed by atoms with E-state index < -0.39 is 0 Å². The van der Waals surface area contributed by atoms with Crippen LogP contribution in [0.3, 0.4) is 0 Å². The third kappa shape index (κ3) is 4.71. The van der Waals surface area contributed by atoms with Gasteiger partial charge in [-0.25, -0.2) is 0 Å². The first-order valence-electron chi connectivity index (χ1n) is 7.92. The number of para-hydroxylation sites is 1. The standard InChI is InChI=1S/C21H20N2O/c1-17-7-5-9-19(13-17)16-24-21-12-6-8-18(14-21)15-22-23-20-10-3-2-4-11-20/h2-15,23H,16H2,1H3. The normalized spacial score (nSPS) is 10.7. The summed E-state index contributed by atoms with van der Waals surface area (Å²) in [6, 6.07) is 26.1. The van der Waals surface area contributed by atoms with Gasteiger partial charge in [0.1, 0.15) is 12.4 Å². The molecule has 3 nitrogen and oxygen atoms in total. The molecule has 0 radical (unpaired) electrons. The molecule has 0 saturated heterocycles. The van der Waals surface area contributed by atoms with Crippen molar-refractivity contribution in [3.63, 3.8) is 0 Å². The van der Waals surface area contributed by atoms with Crippen molar-refractivity contribution in [1.82, 2.24) is 0 Å². The largest absolute Gasteiger partial charge is 0.489 e. The van der Waals surface area contributed by atoms with Crippen molar-refractivity contribution >= 4 is 11.9 Å². The zero-order valence-corrected chi connectivity index (χ0v) is 13.6. The Morgan fingerprint density at radius 2 is 1.75 bits per heavy atom. The average Bonchev–Trinajstić information content (AvgIpc) is 2.61. The lowest BCUT2D eigenvalue weighted by molar-refractivity contribution is 0.306. The van der Waals surface area contributed by atoms with E-state index in [2.05, 4.69) is 35.7 Å². The minimum atomic E-state index is 0.560. The van der Waals surface area contributed by atoms with Crippen molar-refractivity contribution in [2.45, 2.75) is 13.5 Å². The number of aryl methyl sites for hydroxylation is 1. The van der Waals surface area contributed by atoms with Gasteiger partial charge in [-0.15, -0.1) is 0 Å². The molecular formula is C21H20N2O. The molecule has 3 aromatic rings. The van der Waals surface area contributed by atoms with Gasteiger partial charge in [0.2, 0.25) is 0 Å². The van der Waals surface area contributed by atoms with Gasteiger partial charge < -0.3 is 4.74 Å². The number of nitrogens with one attached hydrogen (secondary N) is 1. The highest BCUT2D eigenvalue weighted by Gasteiger charge is 1.98. The summed E-state index contributed by atoms with van der Waals surface area (Å²) in [6.07, 6.45) is 1.78. The summed E-state index contributed by atoms with van der Waals surface area (Å²) >= 11 is 0. The summed E-state index contributed by atoms with van der Waals surface area (Å²) in [5.41, 5.74) is 7.36. The number of anilines is 1. The smallest absolute Gasteiger partial charge is 0.120 e. The summed E-state index contributed by atoms with van der Waals surface area (Å²) < 4.78 is 5.87. The fraction of sp³-hybridized carbons (Fsp3) is 0.0952. The fourth-order valence-corrected chi connectivity index (χ4v) is 2.35. The second-order valence-corrected chi connectivity index (χ2v) is 5.59. The summed E-state index contributed by atoms with van der Waals surface area (Å²) in [4.78, 5) is 0. The van der Waals surface area contributed by atoms with Gasteiger partial charge in [-0.3, -0.25) is 5.43 Å². The molecule has 0 bridgehead atoms. The topological polar surface area (TPSA) is 33.6 Å². The molecule has 0 amide bonds. The zero-order chi connectivity index (χ0) is 16.6. The Kier molecular flexibility index (Phi) is 5.25. The van der Waals surface area contributed by atoms with Gasteiger partial charge in [-0.05, 0) is 42.3 Å². The van der Waals surface area contributed by atoms with Gasteiger partial charge in [0, 0.05) is 0 Å². The first-order valence-corrected chi connectivity index (χ1v) is 7.92. The Labute approximate surface area is 142 Å². The Balaban J connectivity index is 1.59. The average molecular weight is 316 g/mol. The van der Waals surface area contributed by atoms with Crippen molar-refractivity contribution in [2.75, 3.05) is 5.43 Å². The SMILES string of the molecule is Cc1cccc(COc2cccc(C=NNc3ccccc3)c2)c1. The lowest BCUT2D eigenvalue weighted by Gasteiger charge is -2.07. The maximum absolute atomic E-state index is 5.87. The van der Waals surface area contributed by atoms with Crippen molar-refractivity contribution in [3.8, 4) is 5.75 Å². The maximum Gasteiger partial charge on any atom is 0.120 e. The molecule has 24 heavy (non-hydrogen) atoms. The van der Waals surface area contributed by atoms with Crippen LogP contribution < -0.4 is 10.2 Å². The Hall–Kier alpha value is -3.07. The Morgan fingerprint density at radius 1 is 0.917 bits per heavy atom. The van der Waals surface area contributed by atoms with E-state index in [1.165, 1.54) is 11.1 Å². The third-order valence-electron chi connectivity index (χ3n) is 3.53. The first kappa shape index (κ1) is 15.8. The minimum Gasteiger partial charge on any atom is -0.489 e. The van der Waals surface area contributed by atoms with Gasteiger partial charge in [-0.1, -0.05) is 60.2 Å². The van der Waals surface area contributed by atoms with Gasteiger partial charge in [0.15, 0.2) is 0 Å². The van der Waals surface area contributed by atoms with Crippen LogP contribution in [0.25, 0.3) is 0 Å². The molecule has 3 rings (SSSR count). The van der Waals surface area contributed by atoms with Crippen molar-refractivity contribution < 1.29 is 4.74 Å². The highest BCUT2D eigenvalue weighted by molar-refractivity contribution is 5.80. The van der Waals surface area contributed by atoms with Crippen molar-refractivity contribution in [3.05, 3.63) is 95.6 Å². The number of rotatable bonds is 6. The molecule has 1 N–H and O–H groups in total. The summed E-state index contributed by atoms with van der Waals surface area (Å²) in [6.45, 7) is 2.64. The van der Waals surface area contributed by atoms with Crippen LogP contribution in [0.1, 0.15) is 16.7 Å². The quantitative estimate of drug-likeness (QED) is 0.512. The highest BCUT2D eigenvalue weighted by Crippen LogP contribution is 2.15. The lowest BCUT2D eigenvalue weighted by atomic mass is 10.1. The molecule has 0 spiro atoms. The zero-order valence-electron chi connectivity index (χ0n) is 13.6. The van der Waals surface area contributed by atoms with Crippen molar-refractivity contribution in [1.29, 1.82) is 0 Å². The number of hydrogen-bond donors (Lipinski definition) is 1. The van der Waals surface area contributed by atoms with E-state index in [-0.39, 0.29) is 0 Å². The second kappa shape index (κ2) is 7.97. The second-order valence-electron chi connectivity index (χ2n) is 5.59. The van der Waals surface area contributed by atoms with Crippen LogP contribution in [0.2, 0.25) is 0 Å². The van der Waals surface area contributed by atoms with Crippen LogP contribution in [0.15, 0.2) is 84.0 Å².